The monoisotopic (exact) mass is 522 g/mol. The molecule has 4 aromatic rings. The summed E-state index contributed by atoms with van der Waals surface area (Å²) in [5.74, 6) is 1.26. The van der Waals surface area contributed by atoms with Crippen LogP contribution in [-0.2, 0) is 9.47 Å². The van der Waals surface area contributed by atoms with Crippen LogP contribution < -0.4 is 9.47 Å². The van der Waals surface area contributed by atoms with Crippen molar-refractivity contribution in [1.82, 2.24) is 9.97 Å². The summed E-state index contributed by atoms with van der Waals surface area (Å²) < 4.78 is 23.0. The Labute approximate surface area is 218 Å². The largest absolute Gasteiger partial charge is 0.488 e. The van der Waals surface area contributed by atoms with Gasteiger partial charge in [0.1, 0.15) is 30.2 Å². The highest BCUT2D eigenvalue weighted by atomic mass is 35.5. The second kappa shape index (κ2) is 9.96. The molecule has 0 saturated carbocycles. The summed E-state index contributed by atoms with van der Waals surface area (Å²) in [5.41, 5.74) is 5.18. The lowest BCUT2D eigenvalue weighted by Gasteiger charge is -2.16. The van der Waals surface area contributed by atoms with Gasteiger partial charge in [-0.05, 0) is 36.2 Å². The number of H-pyrrole nitrogens is 1. The Hall–Kier alpha value is -3.14. The Kier molecular flexibility index (Phi) is 6.52. The van der Waals surface area contributed by atoms with Crippen molar-refractivity contribution in [3.63, 3.8) is 0 Å². The number of benzene rings is 2. The van der Waals surface area contributed by atoms with Gasteiger partial charge in [0.05, 0.1) is 41.6 Å². The molecule has 0 radical (unpaired) electrons. The van der Waals surface area contributed by atoms with Crippen LogP contribution in [-0.4, -0.2) is 70.5 Å². The maximum absolute atomic E-state index is 9.95. The highest BCUT2D eigenvalue weighted by molar-refractivity contribution is 6.33. The molecule has 2 aromatic carbocycles. The minimum atomic E-state index is -0.621. The van der Waals surface area contributed by atoms with Gasteiger partial charge >= 0.3 is 0 Å². The van der Waals surface area contributed by atoms with Gasteiger partial charge < -0.3 is 34.1 Å². The first kappa shape index (κ1) is 24.2. The molecule has 37 heavy (non-hydrogen) atoms. The summed E-state index contributed by atoms with van der Waals surface area (Å²) in [7, 11) is 0. The Morgan fingerprint density at radius 3 is 2.41 bits per heavy atom. The fraction of sp³-hybridized carbons (Fsp3) is 0.321. The first-order valence-corrected chi connectivity index (χ1v) is 12.6. The van der Waals surface area contributed by atoms with Crippen molar-refractivity contribution in [1.29, 1.82) is 0 Å². The molecule has 9 heteroatoms. The van der Waals surface area contributed by atoms with Crippen LogP contribution in [0.2, 0.25) is 5.02 Å². The lowest BCUT2D eigenvalue weighted by molar-refractivity contribution is 0.00794. The molecule has 2 fully saturated rings. The van der Waals surface area contributed by atoms with E-state index in [0.717, 1.165) is 33.5 Å². The fourth-order valence-corrected chi connectivity index (χ4v) is 5.06. The summed E-state index contributed by atoms with van der Waals surface area (Å²) in [4.78, 5) is 8.00. The van der Waals surface area contributed by atoms with Crippen molar-refractivity contribution in [3.05, 3.63) is 65.7 Å². The van der Waals surface area contributed by atoms with Crippen LogP contribution in [0, 0.1) is 0 Å². The van der Waals surface area contributed by atoms with Crippen molar-refractivity contribution < 1.29 is 29.2 Å². The first-order valence-electron chi connectivity index (χ1n) is 12.2. The third-order valence-corrected chi connectivity index (χ3v) is 7.02. The molecule has 0 aliphatic carbocycles. The Bertz CT molecular complexity index is 1390. The zero-order valence-electron chi connectivity index (χ0n) is 20.1. The van der Waals surface area contributed by atoms with Crippen LogP contribution in [0.3, 0.4) is 0 Å². The number of halogens is 1. The Balaban J connectivity index is 1.19. The number of rotatable bonds is 7. The van der Waals surface area contributed by atoms with Crippen LogP contribution in [0.1, 0.15) is 6.92 Å². The van der Waals surface area contributed by atoms with Gasteiger partial charge in [-0.3, -0.25) is 0 Å². The molecule has 2 aliphatic heterocycles. The first-order chi connectivity index (χ1) is 18.0. The minimum Gasteiger partial charge on any atom is -0.488 e. The average Bonchev–Trinajstić information content (AvgIpc) is 3.60. The van der Waals surface area contributed by atoms with Crippen LogP contribution >= 0.6 is 11.6 Å². The van der Waals surface area contributed by atoms with Crippen LogP contribution in [0.15, 0.2) is 60.7 Å². The topological polar surface area (TPSA) is 106 Å². The number of fused-ring (bicyclic) bond motifs is 2. The van der Waals surface area contributed by atoms with E-state index in [1.54, 1.807) is 0 Å². The predicted molar refractivity (Wildman–Crippen MR) is 139 cm³/mol. The molecule has 2 aromatic heterocycles. The number of hydrogen-bond donors (Lipinski definition) is 3. The Morgan fingerprint density at radius 1 is 1.00 bits per heavy atom. The highest BCUT2D eigenvalue weighted by Gasteiger charge is 2.48. The standard InChI is InChI=1S/C28H27ClN2O6/c1-15(12-32)36-19-8-6-17(7-9-19)16-2-4-18(5-3-16)26-20(29)10-21-22(31-26)11-25(30-21)37-24-14-35-27-23(33)13-34-28(24)27/h2-11,15,23-24,27-28,30,32-33H,12-14H2,1H3. The summed E-state index contributed by atoms with van der Waals surface area (Å²) in [6, 6.07) is 19.5. The minimum absolute atomic E-state index is 0.0287. The van der Waals surface area contributed by atoms with E-state index < -0.39 is 6.10 Å². The van der Waals surface area contributed by atoms with Crippen molar-refractivity contribution >= 4 is 22.6 Å². The molecule has 5 unspecified atom stereocenters. The van der Waals surface area contributed by atoms with Gasteiger partial charge in [-0.2, -0.15) is 0 Å². The molecule has 0 bridgehead atoms. The number of aromatic amines is 1. The molecule has 2 aliphatic rings. The van der Waals surface area contributed by atoms with Gasteiger partial charge in [-0.25, -0.2) is 4.98 Å². The van der Waals surface area contributed by atoms with E-state index in [4.69, 9.17) is 40.6 Å². The normalized spacial score (nSPS) is 23.8. The maximum Gasteiger partial charge on any atom is 0.193 e. The van der Waals surface area contributed by atoms with Crippen molar-refractivity contribution in [3.8, 4) is 34.0 Å². The summed E-state index contributed by atoms with van der Waals surface area (Å²) in [6.45, 7) is 2.40. The quantitative estimate of drug-likeness (QED) is 0.334. The molecular weight excluding hydrogens is 496 g/mol. The number of hydrogen-bond acceptors (Lipinski definition) is 7. The molecule has 5 atom stereocenters. The fourth-order valence-electron chi connectivity index (χ4n) is 4.80. The van der Waals surface area contributed by atoms with Crippen LogP contribution in [0.4, 0.5) is 0 Å². The number of pyridine rings is 1. The van der Waals surface area contributed by atoms with E-state index in [2.05, 4.69) is 4.98 Å². The highest BCUT2D eigenvalue weighted by Crippen LogP contribution is 2.34. The number of aliphatic hydroxyl groups is 2. The van der Waals surface area contributed by atoms with Gasteiger partial charge in [0.2, 0.25) is 0 Å². The van der Waals surface area contributed by atoms with E-state index >= 15 is 0 Å². The number of nitrogens with zero attached hydrogens (tertiary/aromatic N) is 1. The molecule has 0 spiro atoms. The zero-order valence-corrected chi connectivity index (χ0v) is 20.9. The summed E-state index contributed by atoms with van der Waals surface area (Å²) >= 11 is 6.61. The molecular formula is C28H27ClN2O6. The molecule has 192 valence electrons. The number of ether oxygens (including phenoxy) is 4. The van der Waals surface area contributed by atoms with E-state index in [-0.39, 0.29) is 37.6 Å². The van der Waals surface area contributed by atoms with Gasteiger partial charge in [-0.1, -0.05) is 48.0 Å². The Morgan fingerprint density at radius 2 is 1.68 bits per heavy atom. The van der Waals surface area contributed by atoms with E-state index in [0.29, 0.717) is 23.2 Å². The third-order valence-electron chi connectivity index (χ3n) is 6.73. The van der Waals surface area contributed by atoms with Gasteiger partial charge in [0, 0.05) is 11.6 Å². The van der Waals surface area contributed by atoms with Gasteiger partial charge in [0.15, 0.2) is 12.0 Å². The second-order valence-electron chi connectivity index (χ2n) is 9.42. The van der Waals surface area contributed by atoms with Crippen LogP contribution in [0.25, 0.3) is 33.4 Å². The SMILES string of the molecule is CC(CO)Oc1ccc(-c2ccc(-c3nc4cc(OC5COC6C(O)COC56)[nH]c4cc3Cl)cc2)cc1. The van der Waals surface area contributed by atoms with Gasteiger partial charge in [0.25, 0.3) is 0 Å². The molecule has 4 heterocycles. The number of nitrogens with one attached hydrogen (secondary N) is 1. The zero-order chi connectivity index (χ0) is 25.5. The average molecular weight is 523 g/mol. The predicted octanol–water partition coefficient (Wildman–Crippen LogP) is 4.22. The van der Waals surface area contributed by atoms with Gasteiger partial charge in [-0.15, -0.1) is 0 Å². The van der Waals surface area contributed by atoms with Crippen LogP contribution in [0.5, 0.6) is 11.6 Å². The third kappa shape index (κ3) is 4.79. The van der Waals surface area contributed by atoms with Crippen molar-refractivity contribution in [2.75, 3.05) is 19.8 Å². The van der Waals surface area contributed by atoms with Crippen molar-refractivity contribution in [2.24, 2.45) is 0 Å². The smallest absolute Gasteiger partial charge is 0.193 e. The molecule has 2 saturated heterocycles. The summed E-state index contributed by atoms with van der Waals surface area (Å²) in [5, 5.41) is 19.6. The summed E-state index contributed by atoms with van der Waals surface area (Å²) in [6.07, 6.45) is -1.82. The van der Waals surface area contributed by atoms with Crippen molar-refractivity contribution in [2.45, 2.75) is 37.4 Å². The lowest BCUT2D eigenvalue weighted by Crippen LogP contribution is -2.34. The van der Waals surface area contributed by atoms with E-state index in [9.17, 15) is 5.11 Å². The molecule has 8 nitrogen and oxygen atoms in total. The van der Waals surface area contributed by atoms with E-state index in [1.165, 1.54) is 0 Å². The second-order valence-corrected chi connectivity index (χ2v) is 9.82. The number of aliphatic hydroxyl groups excluding tert-OH is 2. The lowest BCUT2D eigenvalue weighted by atomic mass is 10.0. The molecule has 6 rings (SSSR count). The van der Waals surface area contributed by atoms with E-state index in [1.807, 2.05) is 67.6 Å². The maximum atomic E-state index is 9.95. The number of aromatic nitrogens is 2. The molecule has 0 amide bonds. The molecule has 3 N–H and O–H groups in total.